The normalized spacial score (nSPS) is 25.3. The molecule has 2 fully saturated rings. The SMILES string of the molecule is COCCN1C(=O)CC[C@@H]2[C@H]1CCN2C(=O)c1ccno1. The van der Waals surface area contributed by atoms with Crippen molar-refractivity contribution in [3.8, 4) is 0 Å². The van der Waals surface area contributed by atoms with Crippen molar-refractivity contribution in [3.63, 3.8) is 0 Å². The number of amides is 2. The van der Waals surface area contributed by atoms with Crippen molar-refractivity contribution in [3.05, 3.63) is 18.0 Å². The molecule has 3 heterocycles. The topological polar surface area (TPSA) is 75.9 Å². The molecule has 0 radical (unpaired) electrons. The highest BCUT2D eigenvalue weighted by Crippen LogP contribution is 2.32. The molecule has 1 aromatic heterocycles. The Kier molecular flexibility index (Phi) is 3.92. The Labute approximate surface area is 122 Å². The Bertz CT molecular complexity index is 516. The van der Waals surface area contributed by atoms with Gasteiger partial charge in [0.2, 0.25) is 11.7 Å². The number of carbonyl (C=O) groups is 2. The van der Waals surface area contributed by atoms with Gasteiger partial charge in [-0.25, -0.2) is 0 Å². The molecular weight excluding hydrogens is 274 g/mol. The Balaban J connectivity index is 1.74. The van der Waals surface area contributed by atoms with E-state index in [1.165, 1.54) is 6.20 Å². The number of hydrogen-bond donors (Lipinski definition) is 0. The summed E-state index contributed by atoms with van der Waals surface area (Å²) in [5, 5.41) is 3.58. The molecule has 2 amide bonds. The third-order valence-electron chi connectivity index (χ3n) is 4.33. The van der Waals surface area contributed by atoms with Gasteiger partial charge in [-0.1, -0.05) is 5.16 Å². The number of fused-ring (bicyclic) bond motifs is 1. The zero-order valence-corrected chi connectivity index (χ0v) is 12.0. The van der Waals surface area contributed by atoms with Crippen molar-refractivity contribution in [2.24, 2.45) is 0 Å². The molecule has 1 aromatic rings. The first-order valence-corrected chi connectivity index (χ1v) is 7.22. The van der Waals surface area contributed by atoms with E-state index in [4.69, 9.17) is 9.26 Å². The number of ether oxygens (including phenoxy) is 1. The van der Waals surface area contributed by atoms with Gasteiger partial charge in [0.25, 0.3) is 5.91 Å². The lowest BCUT2D eigenvalue weighted by molar-refractivity contribution is -0.138. The average molecular weight is 293 g/mol. The second kappa shape index (κ2) is 5.85. The van der Waals surface area contributed by atoms with Crippen molar-refractivity contribution < 1.29 is 18.8 Å². The Morgan fingerprint density at radius 3 is 3.05 bits per heavy atom. The number of carbonyl (C=O) groups excluding carboxylic acids is 2. The number of aromatic nitrogens is 1. The third-order valence-corrected chi connectivity index (χ3v) is 4.33. The summed E-state index contributed by atoms with van der Waals surface area (Å²) in [5.74, 6) is 0.277. The smallest absolute Gasteiger partial charge is 0.292 e. The molecule has 3 rings (SSSR count). The fourth-order valence-corrected chi connectivity index (χ4v) is 3.35. The monoisotopic (exact) mass is 293 g/mol. The third kappa shape index (κ3) is 2.53. The number of piperidine rings is 1. The molecule has 0 aromatic carbocycles. The van der Waals surface area contributed by atoms with E-state index in [0.29, 0.717) is 32.5 Å². The first-order chi connectivity index (χ1) is 10.2. The zero-order chi connectivity index (χ0) is 14.8. The van der Waals surface area contributed by atoms with Crippen molar-refractivity contribution in [1.29, 1.82) is 0 Å². The lowest BCUT2D eigenvalue weighted by Gasteiger charge is -2.39. The highest BCUT2D eigenvalue weighted by atomic mass is 16.5. The Morgan fingerprint density at radius 1 is 1.48 bits per heavy atom. The molecule has 2 aliphatic rings. The molecule has 21 heavy (non-hydrogen) atoms. The number of likely N-dealkylation sites (tertiary alicyclic amines) is 2. The summed E-state index contributed by atoms with van der Waals surface area (Å²) in [7, 11) is 1.63. The van der Waals surface area contributed by atoms with Crippen LogP contribution in [0.2, 0.25) is 0 Å². The van der Waals surface area contributed by atoms with Gasteiger partial charge in [0.15, 0.2) is 0 Å². The summed E-state index contributed by atoms with van der Waals surface area (Å²) in [4.78, 5) is 28.2. The quantitative estimate of drug-likeness (QED) is 0.809. The van der Waals surface area contributed by atoms with Crippen LogP contribution in [-0.2, 0) is 9.53 Å². The van der Waals surface area contributed by atoms with E-state index in [2.05, 4.69) is 5.16 Å². The summed E-state index contributed by atoms with van der Waals surface area (Å²) < 4.78 is 10.0. The predicted octanol–water partition coefficient (Wildman–Crippen LogP) is 0.526. The molecule has 7 nitrogen and oxygen atoms in total. The van der Waals surface area contributed by atoms with Crippen molar-refractivity contribution in [2.75, 3.05) is 26.8 Å². The van der Waals surface area contributed by atoms with Crippen LogP contribution in [0.5, 0.6) is 0 Å². The van der Waals surface area contributed by atoms with Gasteiger partial charge >= 0.3 is 0 Å². The lowest BCUT2D eigenvalue weighted by atomic mass is 9.96. The van der Waals surface area contributed by atoms with Gasteiger partial charge < -0.3 is 19.1 Å². The molecule has 7 heteroatoms. The van der Waals surface area contributed by atoms with E-state index in [1.54, 1.807) is 13.2 Å². The largest absolute Gasteiger partial charge is 0.383 e. The van der Waals surface area contributed by atoms with Crippen LogP contribution in [-0.4, -0.2) is 65.7 Å². The maximum absolute atomic E-state index is 12.4. The number of methoxy groups -OCH3 is 1. The standard InChI is InChI=1S/C14H19N3O4/c1-20-9-8-16-11-5-7-17(10(11)2-3-13(16)18)14(19)12-4-6-15-21-12/h4,6,10-11H,2-3,5,7-9H2,1H3/t10-,11-/m1/s1. The predicted molar refractivity (Wildman–Crippen MR) is 72.6 cm³/mol. The van der Waals surface area contributed by atoms with Gasteiger partial charge in [0, 0.05) is 32.7 Å². The van der Waals surface area contributed by atoms with Crippen LogP contribution < -0.4 is 0 Å². The zero-order valence-electron chi connectivity index (χ0n) is 12.0. The maximum atomic E-state index is 12.4. The molecular formula is C14H19N3O4. The number of rotatable bonds is 4. The van der Waals surface area contributed by atoms with Gasteiger partial charge in [-0.05, 0) is 12.8 Å². The minimum absolute atomic E-state index is 0.0668. The van der Waals surface area contributed by atoms with Gasteiger partial charge in [-0.15, -0.1) is 0 Å². The Morgan fingerprint density at radius 2 is 2.33 bits per heavy atom. The summed E-state index contributed by atoms with van der Waals surface area (Å²) in [5.41, 5.74) is 0. The number of nitrogens with zero attached hydrogens (tertiary/aromatic N) is 3. The van der Waals surface area contributed by atoms with E-state index < -0.39 is 0 Å². The van der Waals surface area contributed by atoms with Crippen LogP contribution in [0.25, 0.3) is 0 Å². The van der Waals surface area contributed by atoms with E-state index >= 15 is 0 Å². The molecule has 2 aliphatic heterocycles. The summed E-state index contributed by atoms with van der Waals surface area (Å²) in [6.45, 7) is 1.75. The highest BCUT2D eigenvalue weighted by molar-refractivity contribution is 5.92. The molecule has 0 spiro atoms. The van der Waals surface area contributed by atoms with E-state index in [9.17, 15) is 9.59 Å². The fourth-order valence-electron chi connectivity index (χ4n) is 3.35. The Hall–Kier alpha value is -1.89. The summed E-state index contributed by atoms with van der Waals surface area (Å²) in [6, 6.07) is 1.73. The van der Waals surface area contributed by atoms with Crippen molar-refractivity contribution >= 4 is 11.8 Å². The molecule has 114 valence electrons. The van der Waals surface area contributed by atoms with Gasteiger partial charge in [-0.2, -0.15) is 0 Å². The van der Waals surface area contributed by atoms with Crippen LogP contribution in [0.1, 0.15) is 29.8 Å². The molecule has 2 atom stereocenters. The lowest BCUT2D eigenvalue weighted by Crippen LogP contribution is -2.54. The van der Waals surface area contributed by atoms with Crippen LogP contribution >= 0.6 is 0 Å². The fraction of sp³-hybridized carbons (Fsp3) is 0.643. The molecule has 2 saturated heterocycles. The van der Waals surface area contributed by atoms with Crippen LogP contribution in [0, 0.1) is 0 Å². The molecule has 0 bridgehead atoms. The molecule has 0 aliphatic carbocycles. The minimum atomic E-state index is -0.138. The second-order valence-electron chi connectivity index (χ2n) is 5.42. The summed E-state index contributed by atoms with van der Waals surface area (Å²) >= 11 is 0. The van der Waals surface area contributed by atoms with E-state index in [-0.39, 0.29) is 29.7 Å². The van der Waals surface area contributed by atoms with Crippen LogP contribution in [0.15, 0.2) is 16.8 Å². The van der Waals surface area contributed by atoms with Gasteiger partial charge in [0.05, 0.1) is 24.9 Å². The van der Waals surface area contributed by atoms with Crippen LogP contribution in [0.4, 0.5) is 0 Å². The molecule has 0 N–H and O–H groups in total. The van der Waals surface area contributed by atoms with Crippen molar-refractivity contribution in [1.82, 2.24) is 15.0 Å². The number of hydrogen-bond acceptors (Lipinski definition) is 5. The van der Waals surface area contributed by atoms with Gasteiger partial charge in [-0.3, -0.25) is 9.59 Å². The average Bonchev–Trinajstić information content (AvgIpc) is 3.15. The summed E-state index contributed by atoms with van der Waals surface area (Å²) in [6.07, 6.45) is 3.47. The second-order valence-corrected chi connectivity index (χ2v) is 5.42. The van der Waals surface area contributed by atoms with Crippen LogP contribution in [0.3, 0.4) is 0 Å². The van der Waals surface area contributed by atoms with Gasteiger partial charge in [0.1, 0.15) is 0 Å². The first-order valence-electron chi connectivity index (χ1n) is 7.22. The van der Waals surface area contributed by atoms with E-state index in [0.717, 1.165) is 6.42 Å². The first kappa shape index (κ1) is 14.1. The van der Waals surface area contributed by atoms with E-state index in [1.807, 2.05) is 9.80 Å². The highest BCUT2D eigenvalue weighted by Gasteiger charge is 2.45. The minimum Gasteiger partial charge on any atom is -0.383 e. The molecule has 0 saturated carbocycles. The maximum Gasteiger partial charge on any atom is 0.292 e. The van der Waals surface area contributed by atoms with Crippen molar-refractivity contribution in [2.45, 2.75) is 31.3 Å². The molecule has 0 unspecified atom stereocenters.